The number of rotatable bonds is 2. The van der Waals surface area contributed by atoms with Gasteiger partial charge in [0.1, 0.15) is 0 Å². The van der Waals surface area contributed by atoms with Gasteiger partial charge in [-0.2, -0.15) is 11.7 Å². The van der Waals surface area contributed by atoms with Gasteiger partial charge in [-0.25, -0.2) is 0 Å². The summed E-state index contributed by atoms with van der Waals surface area (Å²) in [4.78, 5) is 25.3. The van der Waals surface area contributed by atoms with E-state index in [0.717, 1.165) is 24.8 Å². The van der Waals surface area contributed by atoms with Crippen molar-refractivity contribution in [3.05, 3.63) is 6.92 Å². The Balaban J connectivity index is -0.000000145. The van der Waals surface area contributed by atoms with Gasteiger partial charge < -0.3 is 55.2 Å². The third-order valence-electron chi connectivity index (χ3n) is 4.98. The van der Waals surface area contributed by atoms with E-state index in [1.165, 1.54) is 45.4 Å². The van der Waals surface area contributed by atoms with Crippen LogP contribution in [-0.2, 0) is 75.0 Å². The summed E-state index contributed by atoms with van der Waals surface area (Å²) in [5, 5.41) is 0. The third-order valence-corrected chi connectivity index (χ3v) is 4.98. The molecule has 29 heavy (non-hydrogen) atoms. The Hall–Kier alpha value is 2.01. The molecular formula is C20H37Cl2N3O2Y2-4. The van der Waals surface area contributed by atoms with E-state index in [1.807, 2.05) is 6.29 Å². The Morgan fingerprint density at radius 2 is 1.34 bits per heavy atom. The second-order valence-corrected chi connectivity index (χ2v) is 8.07. The zero-order chi connectivity index (χ0) is 19.9. The molecule has 0 unspecified atom stereocenters. The van der Waals surface area contributed by atoms with Crippen LogP contribution < -0.4 is 12.4 Å². The molecule has 3 aliphatic heterocycles. The van der Waals surface area contributed by atoms with Crippen LogP contribution in [0, 0.1) is 24.7 Å². The van der Waals surface area contributed by atoms with Crippen LogP contribution in [0.15, 0.2) is 0 Å². The van der Waals surface area contributed by atoms with E-state index < -0.39 is 0 Å². The van der Waals surface area contributed by atoms with Gasteiger partial charge in [-0.1, -0.05) is 19.3 Å². The summed E-state index contributed by atoms with van der Waals surface area (Å²) in [7, 11) is 6.42. The molecule has 0 aromatic heterocycles. The van der Waals surface area contributed by atoms with Crippen molar-refractivity contribution in [2.45, 2.75) is 32.6 Å². The Bertz CT molecular complexity index is 352. The van der Waals surface area contributed by atoms with Crippen molar-refractivity contribution in [3.63, 3.8) is 0 Å². The quantitative estimate of drug-likeness (QED) is 0.315. The molecule has 0 saturated carbocycles. The molecule has 0 bridgehead atoms. The Morgan fingerprint density at radius 1 is 0.897 bits per heavy atom. The normalized spacial score (nSPS) is 25.9. The molecule has 0 aromatic carbocycles. The van der Waals surface area contributed by atoms with Crippen molar-refractivity contribution < 1.29 is 87.4 Å². The minimum Gasteiger partial charge on any atom is -1.00 e. The number of hydrogen-bond donors (Lipinski definition) is 0. The second kappa shape index (κ2) is 24.6. The Morgan fingerprint density at radius 3 is 1.55 bits per heavy atom. The van der Waals surface area contributed by atoms with Gasteiger partial charge in [0.25, 0.3) is 0 Å². The average molecular weight is 600 g/mol. The van der Waals surface area contributed by atoms with Crippen LogP contribution in [0.25, 0.3) is 0 Å². The summed E-state index contributed by atoms with van der Waals surface area (Å²) >= 11 is 4.19. The van der Waals surface area contributed by atoms with E-state index in [9.17, 15) is 4.79 Å². The maximum Gasteiger partial charge on any atom is 0.000445 e. The smallest absolute Gasteiger partial charge is 0.000445 e. The molecule has 9 heteroatoms. The number of hydrogen-bond acceptors (Lipinski definition) is 5. The van der Waals surface area contributed by atoms with Crippen LogP contribution >= 0.6 is 11.6 Å². The summed E-state index contributed by atoms with van der Waals surface area (Å²) in [5.41, 5.74) is 0. The maximum atomic E-state index is 9.92. The van der Waals surface area contributed by atoms with Gasteiger partial charge in [-0.3, -0.25) is 6.29 Å². The number of carbonyl (C=O) groups excluding carboxylic acids is 2. The average Bonchev–Trinajstić information content (AvgIpc) is 3.25. The van der Waals surface area contributed by atoms with Crippen LogP contribution in [0.1, 0.15) is 32.6 Å². The first-order valence-corrected chi connectivity index (χ1v) is 9.91. The summed E-state index contributed by atoms with van der Waals surface area (Å²) in [6, 6.07) is 0. The van der Waals surface area contributed by atoms with E-state index in [1.54, 1.807) is 0 Å². The van der Waals surface area contributed by atoms with Crippen LogP contribution in [0.3, 0.4) is 0 Å². The van der Waals surface area contributed by atoms with Crippen LogP contribution in [0.2, 0.25) is 0 Å². The SMILES string of the molecule is CN1CC[C@@H](C[C-]=O)C1.C[C@@H]1CCN(C)C1.O=[C-]Cl.[CH2-][C@@H]1CCN(C)C1.[Cl-].[Y].[Y]. The van der Waals surface area contributed by atoms with Crippen LogP contribution in [-0.4, -0.2) is 87.1 Å². The molecular weight excluding hydrogens is 563 g/mol. The van der Waals surface area contributed by atoms with Gasteiger partial charge in [0.2, 0.25) is 0 Å². The molecule has 3 rings (SSSR count). The second-order valence-electron chi connectivity index (χ2n) is 7.92. The Labute approximate surface area is 240 Å². The predicted octanol–water partition coefficient (Wildman–Crippen LogP) is -0.541. The van der Waals surface area contributed by atoms with Gasteiger partial charge in [0, 0.05) is 72.0 Å². The molecule has 168 valence electrons. The summed E-state index contributed by atoms with van der Waals surface area (Å²) in [5.74, 6) is 3.21. The summed E-state index contributed by atoms with van der Waals surface area (Å²) in [6.07, 6.45) is 6.44. The molecule has 5 nitrogen and oxygen atoms in total. The molecule has 0 N–H and O–H groups in total. The van der Waals surface area contributed by atoms with Crippen molar-refractivity contribution in [1.82, 2.24) is 14.7 Å². The minimum absolute atomic E-state index is 0. The molecule has 0 aromatic rings. The van der Waals surface area contributed by atoms with E-state index in [-0.39, 0.29) is 77.8 Å². The van der Waals surface area contributed by atoms with Gasteiger partial charge in [-0.05, 0) is 72.6 Å². The van der Waals surface area contributed by atoms with Crippen molar-refractivity contribution in [2.24, 2.45) is 17.8 Å². The molecule has 3 aliphatic rings. The van der Waals surface area contributed by atoms with E-state index in [2.05, 4.69) is 61.3 Å². The van der Waals surface area contributed by atoms with Gasteiger partial charge >= 0.3 is 0 Å². The standard InChI is InChI=1S/C7H12NO.C6H13N.C6H12N.CClO.ClH.2Y/c1-8-4-2-7(6-8)3-5-9;2*1-6-3-4-7(2)5-6;2-1-3;;;/h7H,2-4,6H2,1H3;6H,3-5H2,1-2H3;6H,1,3-5H2,2H3;;1H;;/q-1;;2*-1;;;/p-1/t7-;2*6-;;;;/m011..../s1. The maximum absolute atomic E-state index is 9.92. The fourth-order valence-electron chi connectivity index (χ4n) is 3.49. The summed E-state index contributed by atoms with van der Waals surface area (Å²) < 4.78 is 0. The number of nitrogens with zero attached hydrogens (tertiary/aromatic N) is 3. The topological polar surface area (TPSA) is 43.9 Å². The minimum atomic E-state index is 0. The van der Waals surface area contributed by atoms with Crippen molar-refractivity contribution >= 4 is 23.6 Å². The monoisotopic (exact) mass is 599 g/mol. The van der Waals surface area contributed by atoms with E-state index >= 15 is 0 Å². The first-order valence-electron chi connectivity index (χ1n) is 9.53. The molecule has 3 atom stereocenters. The number of likely N-dealkylation sites (tertiary alicyclic amines) is 3. The van der Waals surface area contributed by atoms with Crippen molar-refractivity contribution in [3.8, 4) is 0 Å². The van der Waals surface area contributed by atoms with E-state index in [4.69, 9.17) is 4.79 Å². The van der Waals surface area contributed by atoms with Crippen molar-refractivity contribution in [1.29, 1.82) is 0 Å². The molecule has 3 fully saturated rings. The zero-order valence-electron chi connectivity index (χ0n) is 18.6. The Kier molecular flexibility index (Phi) is 32.5. The van der Waals surface area contributed by atoms with Gasteiger partial charge in [-0.15, -0.1) is 6.42 Å². The van der Waals surface area contributed by atoms with Crippen LogP contribution in [0.5, 0.6) is 0 Å². The molecule has 2 radical (unpaired) electrons. The third kappa shape index (κ3) is 23.0. The fourth-order valence-corrected chi connectivity index (χ4v) is 3.49. The first kappa shape index (κ1) is 38.3. The predicted molar refractivity (Wildman–Crippen MR) is 110 cm³/mol. The van der Waals surface area contributed by atoms with E-state index in [0.29, 0.717) is 18.3 Å². The molecule has 3 heterocycles. The van der Waals surface area contributed by atoms with Gasteiger partial charge in [0.15, 0.2) is 0 Å². The van der Waals surface area contributed by atoms with Crippen LogP contribution in [0.4, 0.5) is 0 Å². The molecule has 3 saturated heterocycles. The molecule has 0 aliphatic carbocycles. The summed E-state index contributed by atoms with van der Waals surface area (Å²) in [6.45, 7) is 13.5. The molecule has 0 spiro atoms. The van der Waals surface area contributed by atoms with Crippen molar-refractivity contribution in [2.75, 3.05) is 60.4 Å². The first-order chi connectivity index (χ1) is 12.3. The fraction of sp³-hybridized carbons (Fsp3) is 0.850. The zero-order valence-corrected chi connectivity index (χ0v) is 25.8. The number of halogens is 2. The molecule has 0 amide bonds. The van der Waals surface area contributed by atoms with Gasteiger partial charge in [0.05, 0.1) is 0 Å². The largest absolute Gasteiger partial charge is 1.00 e.